The third kappa shape index (κ3) is 4.26. The van der Waals surface area contributed by atoms with Crippen LogP contribution in [0.25, 0.3) is 0 Å². The maximum absolute atomic E-state index is 10.9. The van der Waals surface area contributed by atoms with E-state index < -0.39 is 0 Å². The van der Waals surface area contributed by atoms with Crippen molar-refractivity contribution in [1.29, 1.82) is 0 Å². The summed E-state index contributed by atoms with van der Waals surface area (Å²) >= 11 is 3.34. The van der Waals surface area contributed by atoms with Crippen molar-refractivity contribution in [3.8, 4) is 0 Å². The summed E-state index contributed by atoms with van der Waals surface area (Å²) in [6.07, 6.45) is 2.18. The van der Waals surface area contributed by atoms with Gasteiger partial charge in [-0.15, -0.1) is 0 Å². The fourth-order valence-electron chi connectivity index (χ4n) is 2.21. The van der Waals surface area contributed by atoms with Gasteiger partial charge in [-0.2, -0.15) is 0 Å². The molecule has 1 unspecified atom stereocenters. The first-order chi connectivity index (χ1) is 9.16. The minimum atomic E-state index is -0.339. The van der Waals surface area contributed by atoms with E-state index in [1.807, 2.05) is 0 Å². The van der Waals surface area contributed by atoms with E-state index in [-0.39, 0.29) is 10.6 Å². The Morgan fingerprint density at radius 2 is 2.37 bits per heavy atom. The molecule has 19 heavy (non-hydrogen) atoms. The zero-order valence-electron chi connectivity index (χ0n) is 10.6. The molecule has 1 aromatic rings. The van der Waals surface area contributed by atoms with Crippen molar-refractivity contribution in [3.63, 3.8) is 0 Å². The van der Waals surface area contributed by atoms with Gasteiger partial charge in [-0.3, -0.25) is 10.1 Å². The topological polar surface area (TPSA) is 64.4 Å². The van der Waals surface area contributed by atoms with Crippen LogP contribution in [0.2, 0.25) is 0 Å². The first-order valence-corrected chi connectivity index (χ1v) is 7.17. The summed E-state index contributed by atoms with van der Waals surface area (Å²) in [5.41, 5.74) is 0.877. The van der Waals surface area contributed by atoms with Gasteiger partial charge in [0.05, 0.1) is 4.92 Å². The number of hydrogen-bond donors (Lipinski definition) is 1. The van der Waals surface area contributed by atoms with Crippen LogP contribution in [-0.4, -0.2) is 24.7 Å². The van der Waals surface area contributed by atoms with E-state index in [2.05, 4.69) is 21.2 Å². The van der Waals surface area contributed by atoms with Crippen LogP contribution in [0.1, 0.15) is 18.4 Å². The van der Waals surface area contributed by atoms with E-state index in [0.717, 1.165) is 37.1 Å². The molecule has 1 aromatic carbocycles. The average Bonchev–Trinajstić information content (AvgIpc) is 2.87. The Morgan fingerprint density at radius 3 is 3.05 bits per heavy atom. The summed E-state index contributed by atoms with van der Waals surface area (Å²) in [4.78, 5) is 10.6. The molecule has 0 aromatic heterocycles. The van der Waals surface area contributed by atoms with Gasteiger partial charge in [0.1, 0.15) is 0 Å². The van der Waals surface area contributed by atoms with E-state index in [1.54, 1.807) is 12.1 Å². The summed E-state index contributed by atoms with van der Waals surface area (Å²) in [6, 6.07) is 5.02. The number of nitrogens with zero attached hydrogens (tertiary/aromatic N) is 1. The van der Waals surface area contributed by atoms with Crippen LogP contribution < -0.4 is 5.32 Å². The third-order valence-electron chi connectivity index (χ3n) is 3.31. The minimum Gasteiger partial charge on any atom is -0.381 e. The molecule has 0 bridgehead atoms. The summed E-state index contributed by atoms with van der Waals surface area (Å²) < 4.78 is 6.18. The number of ether oxygens (including phenoxy) is 1. The normalized spacial score (nSPS) is 18.7. The molecule has 2 rings (SSSR count). The second-order valence-corrected chi connectivity index (χ2v) is 5.64. The fourth-order valence-corrected chi connectivity index (χ4v) is 2.62. The molecule has 0 aliphatic carbocycles. The number of hydrogen-bond acceptors (Lipinski definition) is 4. The van der Waals surface area contributed by atoms with Gasteiger partial charge < -0.3 is 10.1 Å². The molecule has 1 saturated heterocycles. The summed E-state index contributed by atoms with van der Waals surface area (Å²) in [6.45, 7) is 3.08. The number of nitro groups is 1. The second kappa shape index (κ2) is 6.98. The Morgan fingerprint density at radius 1 is 1.53 bits per heavy atom. The SMILES string of the molecule is O=[N+]([O-])c1ccc(Br)cc1CNCCC1CCOC1. The van der Waals surface area contributed by atoms with Crippen molar-refractivity contribution in [1.82, 2.24) is 5.32 Å². The van der Waals surface area contributed by atoms with E-state index in [9.17, 15) is 10.1 Å². The number of rotatable bonds is 6. The molecular formula is C13H17BrN2O3. The van der Waals surface area contributed by atoms with Gasteiger partial charge in [0, 0.05) is 35.9 Å². The monoisotopic (exact) mass is 328 g/mol. The fraction of sp³-hybridized carbons (Fsp3) is 0.538. The maximum Gasteiger partial charge on any atom is 0.273 e. The zero-order valence-corrected chi connectivity index (χ0v) is 12.2. The quantitative estimate of drug-likeness (QED) is 0.495. The molecule has 1 heterocycles. The average molecular weight is 329 g/mol. The molecule has 5 nitrogen and oxygen atoms in total. The standard InChI is InChI=1S/C13H17BrN2O3/c14-12-1-2-13(16(17)18)11(7-12)8-15-5-3-10-4-6-19-9-10/h1-2,7,10,15H,3-6,8-9H2. The first-order valence-electron chi connectivity index (χ1n) is 6.38. The number of benzene rings is 1. The summed E-state index contributed by atoms with van der Waals surface area (Å²) in [5.74, 6) is 0.630. The van der Waals surface area contributed by atoms with Crippen molar-refractivity contribution in [3.05, 3.63) is 38.3 Å². The number of halogens is 1. The van der Waals surface area contributed by atoms with Crippen molar-refractivity contribution < 1.29 is 9.66 Å². The van der Waals surface area contributed by atoms with E-state index in [4.69, 9.17) is 4.74 Å². The molecule has 104 valence electrons. The third-order valence-corrected chi connectivity index (χ3v) is 3.80. The molecule has 1 fully saturated rings. The van der Waals surface area contributed by atoms with Crippen molar-refractivity contribution in [2.24, 2.45) is 5.92 Å². The zero-order chi connectivity index (χ0) is 13.7. The Bertz CT molecular complexity index is 448. The van der Waals surface area contributed by atoms with Crippen LogP contribution in [-0.2, 0) is 11.3 Å². The highest BCUT2D eigenvalue weighted by Crippen LogP contribution is 2.23. The van der Waals surface area contributed by atoms with Gasteiger partial charge in [-0.1, -0.05) is 15.9 Å². The van der Waals surface area contributed by atoms with Crippen LogP contribution in [0.5, 0.6) is 0 Å². The molecule has 1 N–H and O–H groups in total. The van der Waals surface area contributed by atoms with Gasteiger partial charge >= 0.3 is 0 Å². The smallest absolute Gasteiger partial charge is 0.273 e. The molecule has 1 aliphatic heterocycles. The predicted molar refractivity (Wildman–Crippen MR) is 76.0 cm³/mol. The second-order valence-electron chi connectivity index (χ2n) is 4.73. The largest absolute Gasteiger partial charge is 0.381 e. The van der Waals surface area contributed by atoms with E-state index in [1.165, 1.54) is 6.07 Å². The molecule has 0 radical (unpaired) electrons. The van der Waals surface area contributed by atoms with E-state index in [0.29, 0.717) is 18.0 Å². The summed E-state index contributed by atoms with van der Waals surface area (Å²) in [7, 11) is 0. The van der Waals surface area contributed by atoms with Gasteiger partial charge in [0.15, 0.2) is 0 Å². The number of nitro benzene ring substituents is 1. The van der Waals surface area contributed by atoms with E-state index >= 15 is 0 Å². The molecular weight excluding hydrogens is 312 g/mol. The lowest BCUT2D eigenvalue weighted by molar-refractivity contribution is -0.385. The van der Waals surface area contributed by atoms with Gasteiger partial charge in [0.25, 0.3) is 5.69 Å². The predicted octanol–water partition coefficient (Wildman–Crippen LogP) is 2.87. The highest BCUT2D eigenvalue weighted by atomic mass is 79.9. The molecule has 1 atom stereocenters. The highest BCUT2D eigenvalue weighted by Gasteiger charge is 2.16. The van der Waals surface area contributed by atoms with Crippen LogP contribution in [0.4, 0.5) is 5.69 Å². The minimum absolute atomic E-state index is 0.167. The number of nitrogens with one attached hydrogen (secondary N) is 1. The Balaban J connectivity index is 1.84. The molecule has 0 amide bonds. The molecule has 6 heteroatoms. The lowest BCUT2D eigenvalue weighted by atomic mass is 10.1. The molecule has 0 spiro atoms. The van der Waals surface area contributed by atoms with Crippen LogP contribution in [0.15, 0.2) is 22.7 Å². The molecule has 1 aliphatic rings. The summed E-state index contributed by atoms with van der Waals surface area (Å²) in [5, 5.41) is 14.2. The van der Waals surface area contributed by atoms with Gasteiger partial charge in [0.2, 0.25) is 0 Å². The Labute approximate surface area is 120 Å². The van der Waals surface area contributed by atoms with Crippen molar-refractivity contribution >= 4 is 21.6 Å². The Kier molecular flexibility index (Phi) is 5.30. The van der Waals surface area contributed by atoms with Gasteiger partial charge in [-0.25, -0.2) is 0 Å². The lowest BCUT2D eigenvalue weighted by Gasteiger charge is -2.09. The van der Waals surface area contributed by atoms with Crippen LogP contribution >= 0.6 is 15.9 Å². The highest BCUT2D eigenvalue weighted by molar-refractivity contribution is 9.10. The lowest BCUT2D eigenvalue weighted by Crippen LogP contribution is -2.18. The van der Waals surface area contributed by atoms with Crippen LogP contribution in [0, 0.1) is 16.0 Å². The Hall–Kier alpha value is -0.980. The first kappa shape index (κ1) is 14.4. The van der Waals surface area contributed by atoms with Crippen LogP contribution in [0.3, 0.4) is 0 Å². The van der Waals surface area contributed by atoms with Crippen molar-refractivity contribution in [2.75, 3.05) is 19.8 Å². The van der Waals surface area contributed by atoms with Crippen molar-refractivity contribution in [2.45, 2.75) is 19.4 Å². The molecule has 0 saturated carbocycles. The maximum atomic E-state index is 10.9. The van der Waals surface area contributed by atoms with Gasteiger partial charge in [-0.05, 0) is 37.4 Å².